The Bertz CT molecular complexity index is 795. The molecule has 0 unspecified atom stereocenters. The first kappa shape index (κ1) is 12.2. The Morgan fingerprint density at radius 1 is 1.25 bits per heavy atom. The molecule has 0 fully saturated rings. The van der Waals surface area contributed by atoms with E-state index in [2.05, 4.69) is 14.9 Å². The number of benzene rings is 1. The summed E-state index contributed by atoms with van der Waals surface area (Å²) in [6, 6.07) is 10.1. The third kappa shape index (κ3) is 1.87. The maximum absolute atomic E-state index is 11.5. The van der Waals surface area contributed by atoms with E-state index in [1.165, 1.54) is 7.11 Å². The number of pyridine rings is 1. The summed E-state index contributed by atoms with van der Waals surface area (Å²) in [5.74, 6) is 0.202. The minimum absolute atomic E-state index is 0.124. The Morgan fingerprint density at radius 3 is 2.80 bits per heavy atom. The quantitative estimate of drug-likeness (QED) is 0.719. The SMILES string of the molecule is COC(=O)c1ccn2c(-c3ccccc3O)nnc2c1. The number of fused-ring (bicyclic) bond motifs is 1. The fourth-order valence-electron chi connectivity index (χ4n) is 1.98. The molecule has 0 aliphatic carbocycles. The van der Waals surface area contributed by atoms with Gasteiger partial charge in [0, 0.05) is 6.20 Å². The normalized spacial score (nSPS) is 10.7. The zero-order valence-electron chi connectivity index (χ0n) is 10.6. The molecule has 2 heterocycles. The Kier molecular flexibility index (Phi) is 2.83. The number of carbonyl (C=O) groups excluding carboxylic acids is 1. The topological polar surface area (TPSA) is 76.7 Å². The number of hydrogen-bond acceptors (Lipinski definition) is 5. The number of carbonyl (C=O) groups is 1. The largest absolute Gasteiger partial charge is 0.507 e. The highest BCUT2D eigenvalue weighted by Gasteiger charge is 2.13. The molecule has 100 valence electrons. The third-order valence-electron chi connectivity index (χ3n) is 2.98. The number of para-hydroxylation sites is 1. The van der Waals surface area contributed by atoms with Gasteiger partial charge >= 0.3 is 5.97 Å². The Labute approximate surface area is 114 Å². The highest BCUT2D eigenvalue weighted by Crippen LogP contribution is 2.27. The predicted molar refractivity (Wildman–Crippen MR) is 71.4 cm³/mol. The molecule has 6 heteroatoms. The van der Waals surface area contributed by atoms with Gasteiger partial charge in [0.2, 0.25) is 0 Å². The Hall–Kier alpha value is -2.89. The second-order valence-electron chi connectivity index (χ2n) is 4.18. The van der Waals surface area contributed by atoms with Crippen molar-refractivity contribution >= 4 is 11.6 Å². The van der Waals surface area contributed by atoms with Crippen LogP contribution in [0.2, 0.25) is 0 Å². The maximum Gasteiger partial charge on any atom is 0.338 e. The molecule has 1 aromatic carbocycles. The molecule has 0 spiro atoms. The van der Waals surface area contributed by atoms with Crippen LogP contribution in [0.25, 0.3) is 17.0 Å². The van der Waals surface area contributed by atoms with Gasteiger partial charge in [-0.1, -0.05) is 12.1 Å². The number of methoxy groups -OCH3 is 1. The number of rotatable bonds is 2. The van der Waals surface area contributed by atoms with Gasteiger partial charge < -0.3 is 9.84 Å². The lowest BCUT2D eigenvalue weighted by Crippen LogP contribution is -2.02. The molecule has 1 N–H and O–H groups in total. The van der Waals surface area contributed by atoms with E-state index >= 15 is 0 Å². The maximum atomic E-state index is 11.5. The fourth-order valence-corrected chi connectivity index (χ4v) is 1.98. The van der Waals surface area contributed by atoms with Crippen molar-refractivity contribution in [2.75, 3.05) is 7.11 Å². The molecule has 6 nitrogen and oxygen atoms in total. The number of nitrogens with zero attached hydrogens (tertiary/aromatic N) is 3. The number of aromatic hydroxyl groups is 1. The molecule has 2 aromatic heterocycles. The van der Waals surface area contributed by atoms with Gasteiger partial charge in [-0.2, -0.15) is 0 Å². The third-order valence-corrected chi connectivity index (χ3v) is 2.98. The molecule has 0 amide bonds. The van der Waals surface area contributed by atoms with Crippen LogP contribution in [0.3, 0.4) is 0 Å². The van der Waals surface area contributed by atoms with Crippen LogP contribution in [0, 0.1) is 0 Å². The van der Waals surface area contributed by atoms with Crippen LogP contribution < -0.4 is 0 Å². The van der Waals surface area contributed by atoms with E-state index in [-0.39, 0.29) is 5.75 Å². The van der Waals surface area contributed by atoms with Crippen LogP contribution in [0.5, 0.6) is 5.75 Å². The van der Waals surface area contributed by atoms with E-state index in [4.69, 9.17) is 0 Å². The molecule has 0 radical (unpaired) electrons. The lowest BCUT2D eigenvalue weighted by atomic mass is 10.2. The Morgan fingerprint density at radius 2 is 2.05 bits per heavy atom. The summed E-state index contributed by atoms with van der Waals surface area (Å²) < 4.78 is 6.36. The molecule has 0 saturated carbocycles. The second kappa shape index (κ2) is 4.65. The van der Waals surface area contributed by atoms with E-state index < -0.39 is 5.97 Å². The van der Waals surface area contributed by atoms with Crippen molar-refractivity contribution in [3.05, 3.63) is 48.2 Å². The first-order chi connectivity index (χ1) is 9.70. The van der Waals surface area contributed by atoms with Gasteiger partial charge in [-0.25, -0.2) is 4.79 Å². The molecule has 20 heavy (non-hydrogen) atoms. The van der Waals surface area contributed by atoms with E-state index in [9.17, 15) is 9.90 Å². The van der Waals surface area contributed by atoms with E-state index in [1.807, 2.05) is 0 Å². The summed E-state index contributed by atoms with van der Waals surface area (Å²) in [5.41, 5.74) is 1.48. The first-order valence-corrected chi connectivity index (χ1v) is 5.92. The van der Waals surface area contributed by atoms with Crippen LogP contribution in [-0.2, 0) is 4.74 Å². The van der Waals surface area contributed by atoms with Crippen LogP contribution in [0.4, 0.5) is 0 Å². The lowest BCUT2D eigenvalue weighted by Gasteiger charge is -2.03. The van der Waals surface area contributed by atoms with E-state index in [1.54, 1.807) is 47.0 Å². The van der Waals surface area contributed by atoms with Crippen molar-refractivity contribution in [2.24, 2.45) is 0 Å². The van der Waals surface area contributed by atoms with Gasteiger partial charge in [0.05, 0.1) is 18.2 Å². The highest BCUT2D eigenvalue weighted by molar-refractivity contribution is 5.90. The van der Waals surface area contributed by atoms with Gasteiger partial charge in [-0.15, -0.1) is 10.2 Å². The van der Waals surface area contributed by atoms with Crippen molar-refractivity contribution in [1.29, 1.82) is 0 Å². The zero-order valence-corrected chi connectivity index (χ0v) is 10.6. The summed E-state index contributed by atoms with van der Waals surface area (Å²) in [4.78, 5) is 11.5. The van der Waals surface area contributed by atoms with Gasteiger partial charge in [0.25, 0.3) is 0 Å². The number of aromatic nitrogens is 3. The molecule has 0 atom stereocenters. The lowest BCUT2D eigenvalue weighted by molar-refractivity contribution is 0.0600. The van der Waals surface area contributed by atoms with Gasteiger partial charge in [-0.05, 0) is 24.3 Å². The van der Waals surface area contributed by atoms with Crippen LogP contribution in [-0.4, -0.2) is 32.8 Å². The molecule has 3 rings (SSSR count). The summed E-state index contributed by atoms with van der Waals surface area (Å²) in [6.45, 7) is 0. The average Bonchev–Trinajstić information content (AvgIpc) is 2.90. The monoisotopic (exact) mass is 269 g/mol. The molecule has 0 saturated heterocycles. The van der Waals surface area contributed by atoms with Gasteiger partial charge in [0.15, 0.2) is 11.5 Å². The average molecular weight is 269 g/mol. The fraction of sp³-hybridized carbons (Fsp3) is 0.0714. The Balaban J connectivity index is 2.16. The molecule has 3 aromatic rings. The van der Waals surface area contributed by atoms with Gasteiger partial charge in [-0.3, -0.25) is 4.40 Å². The van der Waals surface area contributed by atoms with Crippen molar-refractivity contribution in [3.8, 4) is 17.1 Å². The van der Waals surface area contributed by atoms with E-state index in [0.717, 1.165) is 0 Å². The number of phenols is 1. The number of phenolic OH excluding ortho intramolecular Hbond substituents is 1. The minimum atomic E-state index is -0.431. The summed E-state index contributed by atoms with van der Waals surface area (Å²) in [5, 5.41) is 17.9. The van der Waals surface area contributed by atoms with Gasteiger partial charge in [0.1, 0.15) is 5.75 Å². The molecule has 0 aliphatic heterocycles. The van der Waals surface area contributed by atoms with Crippen LogP contribution in [0.15, 0.2) is 42.6 Å². The molecule has 0 bridgehead atoms. The second-order valence-corrected chi connectivity index (χ2v) is 4.18. The predicted octanol–water partition coefficient (Wildman–Crippen LogP) is 1.89. The molecular weight excluding hydrogens is 258 g/mol. The van der Waals surface area contributed by atoms with Crippen LogP contribution in [0.1, 0.15) is 10.4 Å². The smallest absolute Gasteiger partial charge is 0.338 e. The summed E-state index contributed by atoms with van der Waals surface area (Å²) in [7, 11) is 1.32. The minimum Gasteiger partial charge on any atom is -0.507 e. The molecule has 0 aliphatic rings. The summed E-state index contributed by atoms with van der Waals surface area (Å²) >= 11 is 0. The zero-order chi connectivity index (χ0) is 14.1. The number of ether oxygens (including phenoxy) is 1. The van der Waals surface area contributed by atoms with Crippen molar-refractivity contribution < 1.29 is 14.6 Å². The highest BCUT2D eigenvalue weighted by atomic mass is 16.5. The van der Waals surface area contributed by atoms with Crippen molar-refractivity contribution in [2.45, 2.75) is 0 Å². The van der Waals surface area contributed by atoms with Crippen molar-refractivity contribution in [3.63, 3.8) is 0 Å². The molecular formula is C14H11N3O3. The number of hydrogen-bond donors (Lipinski definition) is 1. The van der Waals surface area contributed by atoms with Crippen LogP contribution >= 0.6 is 0 Å². The van der Waals surface area contributed by atoms with Crippen molar-refractivity contribution in [1.82, 2.24) is 14.6 Å². The first-order valence-electron chi connectivity index (χ1n) is 5.92. The summed E-state index contributed by atoms with van der Waals surface area (Å²) in [6.07, 6.45) is 1.67. The number of esters is 1. The van der Waals surface area contributed by atoms with E-state index in [0.29, 0.717) is 22.6 Å². The standard InChI is InChI=1S/C14H11N3O3/c1-20-14(19)9-6-7-17-12(8-9)15-16-13(17)10-4-2-3-5-11(10)18/h2-8,18H,1H3.